The van der Waals surface area contributed by atoms with Crippen LogP contribution in [0, 0.1) is 6.92 Å². The molecule has 0 saturated heterocycles. The fraction of sp³-hybridized carbons (Fsp3) is 0.238. The van der Waals surface area contributed by atoms with Crippen molar-refractivity contribution in [1.82, 2.24) is 9.55 Å². The number of nitrogens with zero attached hydrogens (tertiary/aromatic N) is 3. The molecule has 2 aromatic carbocycles. The summed E-state index contributed by atoms with van der Waals surface area (Å²) in [4.78, 5) is 19.0. The van der Waals surface area contributed by atoms with Crippen LogP contribution in [0.2, 0.25) is 0 Å². The molecule has 0 saturated carbocycles. The molecule has 0 radical (unpaired) electrons. The van der Waals surface area contributed by atoms with E-state index in [1.807, 2.05) is 78.0 Å². The second kappa shape index (κ2) is 8.77. The summed E-state index contributed by atoms with van der Waals surface area (Å²) >= 11 is 1.43. The predicted molar refractivity (Wildman–Crippen MR) is 110 cm³/mol. The Bertz CT molecular complexity index is 923. The maximum atomic E-state index is 12.8. The number of carbonyl (C=O) groups is 1. The fourth-order valence-corrected chi connectivity index (χ4v) is 3.75. The number of para-hydroxylation sites is 1. The molecule has 1 aromatic heterocycles. The van der Waals surface area contributed by atoms with Gasteiger partial charge in [0.25, 0.3) is 0 Å². The van der Waals surface area contributed by atoms with Crippen LogP contribution in [0.15, 0.2) is 66.1 Å². The fourth-order valence-electron chi connectivity index (χ4n) is 2.90. The van der Waals surface area contributed by atoms with Gasteiger partial charge in [-0.2, -0.15) is 0 Å². The van der Waals surface area contributed by atoms with Crippen molar-refractivity contribution in [2.24, 2.45) is 0 Å². The lowest BCUT2D eigenvalue weighted by molar-refractivity contribution is -0.116. The number of carbonyl (C=O) groups excluding carboxylic acids is 1. The Morgan fingerprint density at radius 1 is 1.22 bits per heavy atom. The lowest BCUT2D eigenvalue weighted by atomic mass is 10.2. The van der Waals surface area contributed by atoms with Crippen LogP contribution in [0.5, 0.6) is 5.75 Å². The molecule has 3 rings (SSSR count). The summed E-state index contributed by atoms with van der Waals surface area (Å²) in [6.07, 6.45) is 3.63. The van der Waals surface area contributed by atoms with Gasteiger partial charge in [-0.15, -0.1) is 0 Å². The minimum Gasteiger partial charge on any atom is -0.497 e. The molecule has 5 nitrogen and oxygen atoms in total. The van der Waals surface area contributed by atoms with Crippen LogP contribution < -0.4 is 9.64 Å². The Morgan fingerprint density at radius 2 is 2.04 bits per heavy atom. The first-order valence-corrected chi connectivity index (χ1v) is 9.79. The van der Waals surface area contributed by atoms with Gasteiger partial charge in [-0.3, -0.25) is 9.36 Å². The summed E-state index contributed by atoms with van der Waals surface area (Å²) in [6.45, 7) is 4.65. The van der Waals surface area contributed by atoms with E-state index in [1.165, 1.54) is 11.8 Å². The van der Waals surface area contributed by atoms with Gasteiger partial charge in [0.15, 0.2) is 5.16 Å². The summed E-state index contributed by atoms with van der Waals surface area (Å²) in [7, 11) is 1.65. The van der Waals surface area contributed by atoms with Crippen molar-refractivity contribution in [2.75, 3.05) is 24.3 Å². The molecule has 6 heteroatoms. The maximum absolute atomic E-state index is 12.8. The van der Waals surface area contributed by atoms with E-state index in [0.717, 1.165) is 27.8 Å². The number of anilines is 1. The highest BCUT2D eigenvalue weighted by Crippen LogP contribution is 2.25. The lowest BCUT2D eigenvalue weighted by Crippen LogP contribution is -2.32. The number of amides is 1. The van der Waals surface area contributed by atoms with Crippen LogP contribution in [0.4, 0.5) is 5.69 Å². The van der Waals surface area contributed by atoms with Crippen LogP contribution >= 0.6 is 11.8 Å². The summed E-state index contributed by atoms with van der Waals surface area (Å²) in [6, 6.07) is 15.7. The number of hydrogen-bond donors (Lipinski definition) is 0. The Balaban J connectivity index is 1.74. The molecule has 3 aromatic rings. The predicted octanol–water partition coefficient (Wildman–Crippen LogP) is 4.33. The number of imidazole rings is 1. The third-order valence-corrected chi connectivity index (χ3v) is 5.24. The molecule has 0 aliphatic rings. The maximum Gasteiger partial charge on any atom is 0.237 e. The number of rotatable bonds is 7. The largest absolute Gasteiger partial charge is 0.497 e. The Kier molecular flexibility index (Phi) is 6.19. The molecule has 0 N–H and O–H groups in total. The van der Waals surface area contributed by atoms with Crippen molar-refractivity contribution >= 4 is 23.4 Å². The molecule has 0 unspecified atom stereocenters. The standard InChI is InChI=1S/C21H23N3O2S/c1-4-23(19-11-6-5-8-16(19)2)20(25)15-27-21-22-12-13-24(21)17-9-7-10-18(14-17)26-3/h5-14H,4,15H2,1-3H3. The first-order valence-electron chi connectivity index (χ1n) is 8.80. The molecule has 0 fully saturated rings. The number of aromatic nitrogens is 2. The van der Waals surface area contributed by atoms with Gasteiger partial charge in [-0.1, -0.05) is 36.0 Å². The van der Waals surface area contributed by atoms with E-state index >= 15 is 0 Å². The summed E-state index contributed by atoms with van der Waals surface area (Å²) in [5, 5.41) is 0.775. The summed E-state index contributed by atoms with van der Waals surface area (Å²) < 4.78 is 7.26. The van der Waals surface area contributed by atoms with E-state index in [1.54, 1.807) is 13.3 Å². The topological polar surface area (TPSA) is 47.4 Å². The van der Waals surface area contributed by atoms with Crippen molar-refractivity contribution in [3.63, 3.8) is 0 Å². The number of benzene rings is 2. The second-order valence-corrected chi connectivity index (χ2v) is 6.94. The minimum atomic E-state index is 0.0667. The SMILES string of the molecule is CCN(C(=O)CSc1nccn1-c1cccc(OC)c1)c1ccccc1C. The van der Waals surface area contributed by atoms with Gasteiger partial charge in [-0.25, -0.2) is 4.98 Å². The van der Waals surface area contributed by atoms with Gasteiger partial charge in [-0.05, 0) is 37.6 Å². The van der Waals surface area contributed by atoms with E-state index < -0.39 is 0 Å². The number of methoxy groups -OCH3 is 1. The van der Waals surface area contributed by atoms with Crippen LogP contribution in [-0.4, -0.2) is 34.9 Å². The third-order valence-electron chi connectivity index (χ3n) is 4.29. The number of aryl methyl sites for hydroxylation is 1. The van der Waals surface area contributed by atoms with E-state index in [4.69, 9.17) is 4.74 Å². The quantitative estimate of drug-likeness (QED) is 0.572. The zero-order valence-corrected chi connectivity index (χ0v) is 16.6. The molecule has 0 bridgehead atoms. The number of thioether (sulfide) groups is 1. The van der Waals surface area contributed by atoms with Gasteiger partial charge in [0.2, 0.25) is 5.91 Å². The zero-order chi connectivity index (χ0) is 19.2. The molecule has 0 aliphatic heterocycles. The highest BCUT2D eigenvalue weighted by Gasteiger charge is 2.17. The van der Waals surface area contributed by atoms with Crippen molar-refractivity contribution in [3.05, 3.63) is 66.5 Å². The Morgan fingerprint density at radius 3 is 2.78 bits per heavy atom. The molecular weight excluding hydrogens is 358 g/mol. The van der Waals surface area contributed by atoms with Crippen LogP contribution in [-0.2, 0) is 4.79 Å². The molecule has 0 atom stereocenters. The average Bonchev–Trinajstić information content (AvgIpc) is 3.17. The number of hydrogen-bond acceptors (Lipinski definition) is 4. The van der Waals surface area contributed by atoms with Gasteiger partial charge < -0.3 is 9.64 Å². The van der Waals surface area contributed by atoms with Gasteiger partial charge in [0.05, 0.1) is 18.6 Å². The van der Waals surface area contributed by atoms with Crippen molar-refractivity contribution in [2.45, 2.75) is 19.0 Å². The summed E-state index contributed by atoms with van der Waals surface area (Å²) in [5.41, 5.74) is 3.00. The van der Waals surface area contributed by atoms with Crippen molar-refractivity contribution in [1.29, 1.82) is 0 Å². The van der Waals surface area contributed by atoms with E-state index in [9.17, 15) is 4.79 Å². The smallest absolute Gasteiger partial charge is 0.237 e. The van der Waals surface area contributed by atoms with Crippen molar-refractivity contribution < 1.29 is 9.53 Å². The second-order valence-electron chi connectivity index (χ2n) is 5.99. The normalized spacial score (nSPS) is 10.6. The third kappa shape index (κ3) is 4.34. The zero-order valence-electron chi connectivity index (χ0n) is 15.8. The van der Waals surface area contributed by atoms with Gasteiger partial charge in [0, 0.05) is 30.7 Å². The van der Waals surface area contributed by atoms with Gasteiger partial charge in [0.1, 0.15) is 5.75 Å². The van der Waals surface area contributed by atoms with Gasteiger partial charge >= 0.3 is 0 Å². The average molecular weight is 382 g/mol. The lowest BCUT2D eigenvalue weighted by Gasteiger charge is -2.22. The molecule has 0 spiro atoms. The molecular formula is C21H23N3O2S. The number of ether oxygens (including phenoxy) is 1. The van der Waals surface area contributed by atoms with Crippen LogP contribution in [0.3, 0.4) is 0 Å². The molecule has 140 valence electrons. The van der Waals surface area contributed by atoms with E-state index in [2.05, 4.69) is 4.98 Å². The van der Waals surface area contributed by atoms with Crippen LogP contribution in [0.25, 0.3) is 5.69 Å². The molecule has 0 aliphatic carbocycles. The Labute approximate surface area is 164 Å². The highest BCUT2D eigenvalue weighted by atomic mass is 32.2. The highest BCUT2D eigenvalue weighted by molar-refractivity contribution is 7.99. The summed E-state index contributed by atoms with van der Waals surface area (Å²) in [5.74, 6) is 1.17. The minimum absolute atomic E-state index is 0.0667. The van der Waals surface area contributed by atoms with Crippen molar-refractivity contribution in [3.8, 4) is 11.4 Å². The van der Waals surface area contributed by atoms with Crippen LogP contribution in [0.1, 0.15) is 12.5 Å². The molecule has 27 heavy (non-hydrogen) atoms. The van der Waals surface area contributed by atoms with E-state index in [-0.39, 0.29) is 5.91 Å². The molecule has 1 heterocycles. The molecule has 1 amide bonds. The Hall–Kier alpha value is -2.73. The first kappa shape index (κ1) is 19.0. The monoisotopic (exact) mass is 381 g/mol. The van der Waals surface area contributed by atoms with E-state index in [0.29, 0.717) is 12.3 Å². The first-order chi connectivity index (χ1) is 13.1.